The van der Waals surface area contributed by atoms with Gasteiger partial charge in [-0.3, -0.25) is 4.68 Å². The molecule has 1 heterocycles. The number of nitrogens with zero attached hydrogens (tertiary/aromatic N) is 2. The van der Waals surface area contributed by atoms with Crippen LogP contribution in [-0.4, -0.2) is 9.78 Å². The van der Waals surface area contributed by atoms with Crippen molar-refractivity contribution in [3.63, 3.8) is 0 Å². The Hall–Kier alpha value is -1.42. The first kappa shape index (κ1) is 12.0. The van der Waals surface area contributed by atoms with Crippen LogP contribution in [0.4, 0.5) is 5.69 Å². The van der Waals surface area contributed by atoms with Crippen LogP contribution in [0.1, 0.15) is 16.8 Å². The Morgan fingerprint density at radius 3 is 2.59 bits per heavy atom. The maximum absolute atomic E-state index is 6.00. The average Bonchev–Trinajstić information content (AvgIpc) is 2.53. The minimum Gasteiger partial charge on any atom is -0.395 e. The molecular formula is C13H17N3S. The van der Waals surface area contributed by atoms with E-state index in [4.69, 9.17) is 5.73 Å². The summed E-state index contributed by atoms with van der Waals surface area (Å²) in [6, 6.07) is 8.42. The maximum atomic E-state index is 6.00. The third-order valence-corrected chi connectivity index (χ3v) is 4.05. The molecule has 2 N–H and O–H groups in total. The summed E-state index contributed by atoms with van der Waals surface area (Å²) in [7, 11) is 1.93. The highest BCUT2D eigenvalue weighted by atomic mass is 32.2. The molecule has 0 saturated carbocycles. The highest BCUT2D eigenvalue weighted by Gasteiger charge is 2.10. The molecule has 2 rings (SSSR count). The third-order valence-electron chi connectivity index (χ3n) is 2.84. The van der Waals surface area contributed by atoms with E-state index in [0.29, 0.717) is 0 Å². The Balaban J connectivity index is 2.15. The number of hydrogen-bond donors (Lipinski definition) is 1. The van der Waals surface area contributed by atoms with Gasteiger partial charge in [-0.15, -0.1) is 0 Å². The highest BCUT2D eigenvalue weighted by molar-refractivity contribution is 7.98. The fourth-order valence-corrected chi connectivity index (χ4v) is 2.89. The molecule has 4 heteroatoms. The molecular weight excluding hydrogens is 230 g/mol. The van der Waals surface area contributed by atoms with Crippen LogP contribution in [0.5, 0.6) is 0 Å². The Labute approximate surface area is 106 Å². The molecule has 90 valence electrons. The lowest BCUT2D eigenvalue weighted by molar-refractivity contribution is 0.693. The number of thioether (sulfide) groups is 1. The summed E-state index contributed by atoms with van der Waals surface area (Å²) in [5.41, 5.74) is 10.4. The van der Waals surface area contributed by atoms with Gasteiger partial charge in [0, 0.05) is 12.8 Å². The van der Waals surface area contributed by atoms with E-state index in [-0.39, 0.29) is 0 Å². The zero-order chi connectivity index (χ0) is 12.4. The highest BCUT2D eigenvalue weighted by Crippen LogP contribution is 2.30. The maximum Gasteiger partial charge on any atom is 0.117 e. The minimum atomic E-state index is 0.797. The number of aromatic nitrogens is 2. The van der Waals surface area contributed by atoms with Crippen molar-refractivity contribution >= 4 is 17.4 Å². The van der Waals surface area contributed by atoms with Crippen molar-refractivity contribution in [2.45, 2.75) is 24.6 Å². The summed E-state index contributed by atoms with van der Waals surface area (Å²) >= 11 is 1.74. The van der Waals surface area contributed by atoms with Gasteiger partial charge in [-0.05, 0) is 25.0 Å². The number of nitrogen functional groups attached to an aromatic ring is 1. The zero-order valence-electron chi connectivity index (χ0n) is 10.4. The summed E-state index contributed by atoms with van der Waals surface area (Å²) < 4.78 is 1.85. The molecule has 0 spiro atoms. The van der Waals surface area contributed by atoms with Crippen LogP contribution in [0, 0.1) is 13.8 Å². The average molecular weight is 247 g/mol. The van der Waals surface area contributed by atoms with E-state index < -0.39 is 0 Å². The van der Waals surface area contributed by atoms with Crippen molar-refractivity contribution in [1.29, 1.82) is 0 Å². The van der Waals surface area contributed by atoms with Crippen molar-refractivity contribution in [3.8, 4) is 0 Å². The van der Waals surface area contributed by atoms with Crippen LogP contribution in [-0.2, 0) is 12.8 Å². The molecule has 0 aliphatic heterocycles. The molecule has 1 aromatic carbocycles. The number of rotatable bonds is 3. The van der Waals surface area contributed by atoms with Crippen LogP contribution in [0.3, 0.4) is 0 Å². The molecule has 17 heavy (non-hydrogen) atoms. The molecule has 0 unspecified atom stereocenters. The molecule has 0 saturated heterocycles. The predicted octanol–water partition coefficient (Wildman–Crippen LogP) is 2.91. The van der Waals surface area contributed by atoms with Crippen molar-refractivity contribution in [2.75, 3.05) is 5.73 Å². The Kier molecular flexibility index (Phi) is 3.43. The molecule has 0 bridgehead atoms. The van der Waals surface area contributed by atoms with E-state index >= 15 is 0 Å². The van der Waals surface area contributed by atoms with Gasteiger partial charge < -0.3 is 5.73 Å². The molecule has 0 amide bonds. The van der Waals surface area contributed by atoms with Crippen molar-refractivity contribution in [3.05, 3.63) is 41.1 Å². The second-order valence-corrected chi connectivity index (χ2v) is 5.11. The summed E-state index contributed by atoms with van der Waals surface area (Å²) in [4.78, 5) is 0. The number of aryl methyl sites for hydroxylation is 3. The van der Waals surface area contributed by atoms with Gasteiger partial charge in [0.05, 0.1) is 11.4 Å². The van der Waals surface area contributed by atoms with Crippen molar-refractivity contribution in [2.24, 2.45) is 7.05 Å². The van der Waals surface area contributed by atoms with Crippen molar-refractivity contribution < 1.29 is 0 Å². The number of benzene rings is 1. The minimum absolute atomic E-state index is 0.797. The number of hydrogen-bond acceptors (Lipinski definition) is 3. The Morgan fingerprint density at radius 2 is 2.00 bits per heavy atom. The summed E-state index contributed by atoms with van der Waals surface area (Å²) in [5.74, 6) is 0.926. The monoisotopic (exact) mass is 247 g/mol. The fraction of sp³-hybridized carbons (Fsp3) is 0.308. The van der Waals surface area contributed by atoms with Gasteiger partial charge in [-0.1, -0.05) is 36.0 Å². The molecule has 2 aromatic rings. The van der Waals surface area contributed by atoms with Gasteiger partial charge in [-0.25, -0.2) is 0 Å². The van der Waals surface area contributed by atoms with Crippen LogP contribution in [0.15, 0.2) is 29.3 Å². The van der Waals surface area contributed by atoms with Crippen LogP contribution in [0.2, 0.25) is 0 Å². The van der Waals surface area contributed by atoms with E-state index in [9.17, 15) is 0 Å². The molecule has 0 aliphatic rings. The lowest BCUT2D eigenvalue weighted by atomic mass is 10.1. The fourth-order valence-electron chi connectivity index (χ4n) is 1.74. The van der Waals surface area contributed by atoms with Gasteiger partial charge in [0.2, 0.25) is 0 Å². The van der Waals surface area contributed by atoms with Crippen molar-refractivity contribution in [1.82, 2.24) is 9.78 Å². The predicted molar refractivity (Wildman–Crippen MR) is 73.1 cm³/mol. The van der Waals surface area contributed by atoms with E-state index in [1.54, 1.807) is 11.8 Å². The zero-order valence-corrected chi connectivity index (χ0v) is 11.2. The van der Waals surface area contributed by atoms with E-state index in [1.807, 2.05) is 18.7 Å². The number of anilines is 1. The van der Waals surface area contributed by atoms with Gasteiger partial charge in [-0.2, -0.15) is 5.10 Å². The first-order chi connectivity index (χ1) is 8.09. The SMILES string of the molecule is Cc1ccccc1CSc1c(N)c(C)nn1C. The molecule has 0 aliphatic carbocycles. The summed E-state index contributed by atoms with van der Waals surface area (Å²) in [6.07, 6.45) is 0. The van der Waals surface area contributed by atoms with E-state index in [0.717, 1.165) is 22.2 Å². The van der Waals surface area contributed by atoms with Gasteiger partial charge >= 0.3 is 0 Å². The second kappa shape index (κ2) is 4.84. The molecule has 1 aromatic heterocycles. The largest absolute Gasteiger partial charge is 0.395 e. The van der Waals surface area contributed by atoms with Gasteiger partial charge in [0.1, 0.15) is 5.03 Å². The standard InChI is InChI=1S/C13H17N3S/c1-9-6-4-5-7-11(9)8-17-13-12(14)10(2)15-16(13)3/h4-7H,8,14H2,1-3H3. The molecule has 0 atom stereocenters. The van der Waals surface area contributed by atoms with Crippen LogP contribution >= 0.6 is 11.8 Å². The van der Waals surface area contributed by atoms with E-state index in [1.165, 1.54) is 11.1 Å². The van der Waals surface area contributed by atoms with Gasteiger partial charge in [0.15, 0.2) is 0 Å². The first-order valence-electron chi connectivity index (χ1n) is 5.56. The van der Waals surface area contributed by atoms with E-state index in [2.05, 4.69) is 36.3 Å². The van der Waals surface area contributed by atoms with Crippen LogP contribution < -0.4 is 5.73 Å². The topological polar surface area (TPSA) is 43.8 Å². The third kappa shape index (κ3) is 2.47. The lowest BCUT2D eigenvalue weighted by Crippen LogP contribution is -1.95. The lowest BCUT2D eigenvalue weighted by Gasteiger charge is -2.06. The number of nitrogens with two attached hydrogens (primary N) is 1. The summed E-state index contributed by atoms with van der Waals surface area (Å²) in [6.45, 7) is 4.07. The normalized spacial score (nSPS) is 10.8. The molecule has 0 radical (unpaired) electrons. The second-order valence-electron chi connectivity index (χ2n) is 4.14. The van der Waals surface area contributed by atoms with Gasteiger partial charge in [0.25, 0.3) is 0 Å². The Bertz CT molecular complexity index is 531. The summed E-state index contributed by atoms with van der Waals surface area (Å²) in [5, 5.41) is 5.36. The first-order valence-corrected chi connectivity index (χ1v) is 6.54. The smallest absolute Gasteiger partial charge is 0.117 e. The molecule has 0 fully saturated rings. The quantitative estimate of drug-likeness (QED) is 0.848. The Morgan fingerprint density at radius 1 is 1.29 bits per heavy atom. The molecule has 3 nitrogen and oxygen atoms in total. The van der Waals surface area contributed by atoms with Crippen LogP contribution in [0.25, 0.3) is 0 Å².